The molecule has 0 saturated heterocycles. The number of rotatable bonds is 5. The lowest BCUT2D eigenvalue weighted by atomic mass is 10.0. The first kappa shape index (κ1) is 20.3. The number of nitrogens with zero attached hydrogens (tertiary/aromatic N) is 3. The molecule has 1 fully saturated rings. The quantitative estimate of drug-likeness (QED) is 0.615. The lowest BCUT2D eigenvalue weighted by Crippen LogP contribution is -2.38. The van der Waals surface area contributed by atoms with E-state index in [1.807, 2.05) is 74.3 Å². The van der Waals surface area contributed by atoms with Crippen LogP contribution in [0.5, 0.6) is 0 Å². The van der Waals surface area contributed by atoms with Crippen LogP contribution in [0.4, 0.5) is 0 Å². The molecule has 0 spiro atoms. The second-order valence-electron chi connectivity index (χ2n) is 8.32. The minimum atomic E-state index is -0.268. The third kappa shape index (κ3) is 3.64. The van der Waals surface area contributed by atoms with Crippen molar-refractivity contribution in [3.8, 4) is 5.69 Å². The molecular formula is C25H29N3O2. The molecule has 0 radical (unpaired) electrons. The van der Waals surface area contributed by atoms with Gasteiger partial charge in [0, 0.05) is 13.0 Å². The predicted molar refractivity (Wildman–Crippen MR) is 120 cm³/mol. The second kappa shape index (κ2) is 8.42. The number of fused-ring (bicyclic) bond motifs is 1. The van der Waals surface area contributed by atoms with Gasteiger partial charge in [-0.1, -0.05) is 44.0 Å². The Morgan fingerprint density at radius 2 is 1.90 bits per heavy atom. The average molecular weight is 404 g/mol. The summed E-state index contributed by atoms with van der Waals surface area (Å²) in [5.41, 5.74) is 2.43. The minimum absolute atomic E-state index is 0.0867. The van der Waals surface area contributed by atoms with Crippen LogP contribution in [-0.4, -0.2) is 27.4 Å². The van der Waals surface area contributed by atoms with E-state index in [9.17, 15) is 9.59 Å². The van der Waals surface area contributed by atoms with Gasteiger partial charge in [-0.3, -0.25) is 14.2 Å². The van der Waals surface area contributed by atoms with E-state index in [0.717, 1.165) is 36.9 Å². The Morgan fingerprint density at radius 1 is 1.17 bits per heavy atom. The number of carbonyl (C=O) groups excluding carboxylic acids is 1. The Balaban J connectivity index is 1.90. The summed E-state index contributed by atoms with van der Waals surface area (Å²) in [5.74, 6) is 0.877. The summed E-state index contributed by atoms with van der Waals surface area (Å²) in [4.78, 5) is 33.5. The van der Waals surface area contributed by atoms with Crippen LogP contribution in [0, 0.1) is 12.8 Å². The molecule has 1 aromatic heterocycles. The molecule has 5 nitrogen and oxygen atoms in total. The Bertz CT molecular complexity index is 1130. The van der Waals surface area contributed by atoms with Gasteiger partial charge in [-0.05, 0) is 56.0 Å². The number of aryl methyl sites for hydroxylation is 1. The summed E-state index contributed by atoms with van der Waals surface area (Å²) < 4.78 is 1.70. The number of amides is 1. The van der Waals surface area contributed by atoms with Crippen molar-refractivity contribution in [2.24, 2.45) is 5.92 Å². The maximum Gasteiger partial charge on any atom is 0.266 e. The number of carbonyl (C=O) groups is 1. The van der Waals surface area contributed by atoms with Crippen LogP contribution < -0.4 is 5.56 Å². The van der Waals surface area contributed by atoms with E-state index in [-0.39, 0.29) is 23.4 Å². The molecule has 0 bridgehead atoms. The lowest BCUT2D eigenvalue weighted by molar-refractivity contribution is -0.136. The predicted octanol–water partition coefficient (Wildman–Crippen LogP) is 4.79. The zero-order valence-corrected chi connectivity index (χ0v) is 18.0. The van der Waals surface area contributed by atoms with Gasteiger partial charge in [0.15, 0.2) is 0 Å². The van der Waals surface area contributed by atoms with Gasteiger partial charge in [0.1, 0.15) is 5.82 Å². The highest BCUT2D eigenvalue weighted by molar-refractivity contribution is 5.80. The van der Waals surface area contributed by atoms with E-state index in [2.05, 4.69) is 0 Å². The fourth-order valence-corrected chi connectivity index (χ4v) is 4.63. The summed E-state index contributed by atoms with van der Waals surface area (Å²) in [5, 5.41) is 0.586. The highest BCUT2D eigenvalue weighted by Gasteiger charge is 2.31. The molecule has 2 aromatic carbocycles. The van der Waals surface area contributed by atoms with Crippen molar-refractivity contribution in [2.75, 3.05) is 7.05 Å². The first-order valence-electron chi connectivity index (χ1n) is 10.9. The van der Waals surface area contributed by atoms with Crippen molar-refractivity contribution >= 4 is 16.8 Å². The highest BCUT2D eigenvalue weighted by Crippen LogP contribution is 2.31. The Labute approximate surface area is 177 Å². The molecule has 1 amide bonds. The van der Waals surface area contributed by atoms with Gasteiger partial charge in [-0.25, -0.2) is 4.98 Å². The molecule has 0 aliphatic heterocycles. The maximum absolute atomic E-state index is 13.5. The summed E-state index contributed by atoms with van der Waals surface area (Å²) in [6.07, 6.45) is 4.82. The number of para-hydroxylation sites is 1. The molecule has 4 rings (SSSR count). The van der Waals surface area contributed by atoms with Crippen molar-refractivity contribution in [3.63, 3.8) is 0 Å². The van der Waals surface area contributed by atoms with Crippen molar-refractivity contribution in [3.05, 3.63) is 70.3 Å². The van der Waals surface area contributed by atoms with Crippen LogP contribution in [-0.2, 0) is 4.79 Å². The third-order valence-corrected chi connectivity index (χ3v) is 6.27. The Morgan fingerprint density at radius 3 is 2.60 bits per heavy atom. The van der Waals surface area contributed by atoms with E-state index in [1.165, 1.54) is 0 Å². The van der Waals surface area contributed by atoms with Crippen molar-refractivity contribution in [1.29, 1.82) is 0 Å². The lowest BCUT2D eigenvalue weighted by Gasteiger charge is -2.31. The van der Waals surface area contributed by atoms with Gasteiger partial charge in [0.25, 0.3) is 5.56 Å². The fourth-order valence-electron chi connectivity index (χ4n) is 4.63. The summed E-state index contributed by atoms with van der Waals surface area (Å²) in [6.45, 7) is 4.06. The van der Waals surface area contributed by atoms with Gasteiger partial charge < -0.3 is 4.90 Å². The molecule has 1 aliphatic rings. The second-order valence-corrected chi connectivity index (χ2v) is 8.32. The van der Waals surface area contributed by atoms with Crippen LogP contribution in [0.1, 0.15) is 56.5 Å². The molecule has 30 heavy (non-hydrogen) atoms. The van der Waals surface area contributed by atoms with Crippen molar-refractivity contribution in [1.82, 2.24) is 14.5 Å². The van der Waals surface area contributed by atoms with Gasteiger partial charge in [0.05, 0.1) is 22.6 Å². The van der Waals surface area contributed by atoms with Crippen LogP contribution in [0.3, 0.4) is 0 Å². The number of hydrogen-bond acceptors (Lipinski definition) is 3. The molecule has 1 heterocycles. The SMILES string of the molecule is CCC(c1nc2ccccc2c(=O)n1-c1cccc(C)c1)N(C)C(=O)C1CCCC1. The molecular weight excluding hydrogens is 374 g/mol. The first-order chi connectivity index (χ1) is 14.5. The number of hydrogen-bond donors (Lipinski definition) is 0. The van der Waals surface area contributed by atoms with Crippen LogP contribution in [0.15, 0.2) is 53.3 Å². The highest BCUT2D eigenvalue weighted by atomic mass is 16.2. The summed E-state index contributed by atoms with van der Waals surface area (Å²) >= 11 is 0. The Kier molecular flexibility index (Phi) is 5.71. The van der Waals surface area contributed by atoms with Gasteiger partial charge in [-0.2, -0.15) is 0 Å². The fraction of sp³-hybridized carbons (Fsp3) is 0.400. The largest absolute Gasteiger partial charge is 0.335 e. The summed E-state index contributed by atoms with van der Waals surface area (Å²) in [7, 11) is 1.86. The van der Waals surface area contributed by atoms with E-state index >= 15 is 0 Å². The standard InChI is InChI=1S/C25H29N3O2/c1-4-22(27(3)24(29)18-11-5-6-12-18)23-26-21-15-8-7-14-20(21)25(30)28(23)19-13-9-10-17(2)16-19/h7-10,13-16,18,22H,4-6,11-12H2,1-3H3. The molecule has 3 aromatic rings. The van der Waals surface area contributed by atoms with Gasteiger partial charge >= 0.3 is 0 Å². The van der Waals surface area contributed by atoms with Gasteiger partial charge in [-0.15, -0.1) is 0 Å². The molecule has 156 valence electrons. The first-order valence-corrected chi connectivity index (χ1v) is 10.9. The molecule has 5 heteroatoms. The van der Waals surface area contributed by atoms with E-state index in [1.54, 1.807) is 4.57 Å². The molecule has 1 saturated carbocycles. The van der Waals surface area contributed by atoms with E-state index in [4.69, 9.17) is 4.98 Å². The zero-order chi connectivity index (χ0) is 21.3. The number of benzene rings is 2. The summed E-state index contributed by atoms with van der Waals surface area (Å²) in [6, 6.07) is 15.0. The molecule has 1 atom stereocenters. The van der Waals surface area contributed by atoms with Crippen LogP contribution >= 0.6 is 0 Å². The topological polar surface area (TPSA) is 55.2 Å². The average Bonchev–Trinajstić information content (AvgIpc) is 3.29. The Hall–Kier alpha value is -2.95. The third-order valence-electron chi connectivity index (χ3n) is 6.27. The van der Waals surface area contributed by atoms with E-state index in [0.29, 0.717) is 23.1 Å². The van der Waals surface area contributed by atoms with Gasteiger partial charge in [0.2, 0.25) is 5.91 Å². The van der Waals surface area contributed by atoms with Crippen molar-refractivity contribution in [2.45, 2.75) is 52.0 Å². The monoisotopic (exact) mass is 403 g/mol. The molecule has 1 aliphatic carbocycles. The zero-order valence-electron chi connectivity index (χ0n) is 18.0. The number of aromatic nitrogens is 2. The minimum Gasteiger partial charge on any atom is -0.335 e. The van der Waals surface area contributed by atoms with E-state index < -0.39 is 0 Å². The van der Waals surface area contributed by atoms with Crippen LogP contribution in [0.25, 0.3) is 16.6 Å². The molecule has 0 N–H and O–H groups in total. The normalized spacial score (nSPS) is 15.4. The molecule has 1 unspecified atom stereocenters. The smallest absolute Gasteiger partial charge is 0.266 e. The van der Waals surface area contributed by atoms with Crippen molar-refractivity contribution < 1.29 is 4.79 Å². The maximum atomic E-state index is 13.5. The van der Waals surface area contributed by atoms with Crippen LogP contribution in [0.2, 0.25) is 0 Å².